The lowest BCUT2D eigenvalue weighted by Crippen LogP contribution is -2.51. The molecule has 0 aliphatic heterocycles. The zero-order valence-electron chi connectivity index (χ0n) is 10.8. The predicted octanol–water partition coefficient (Wildman–Crippen LogP) is 3.58. The molecule has 88 valence electrons. The molecule has 4 unspecified atom stereocenters. The van der Waals surface area contributed by atoms with Gasteiger partial charge in [-0.15, -0.1) is 0 Å². The molecule has 0 heterocycles. The first-order valence-electron chi connectivity index (χ1n) is 6.61. The quantitative estimate of drug-likeness (QED) is 0.648. The van der Waals surface area contributed by atoms with Crippen LogP contribution in [0.3, 0.4) is 0 Å². The average Bonchev–Trinajstić information content (AvgIpc) is 2.09. The molecule has 2 fully saturated rings. The van der Waals surface area contributed by atoms with Gasteiger partial charge in [0.25, 0.3) is 0 Å². The monoisotopic (exact) mass is 209 g/mol. The van der Waals surface area contributed by atoms with Crippen LogP contribution in [0.15, 0.2) is 0 Å². The van der Waals surface area contributed by atoms with Crippen molar-refractivity contribution in [1.82, 2.24) is 0 Å². The van der Waals surface area contributed by atoms with Gasteiger partial charge in [0, 0.05) is 6.04 Å². The lowest BCUT2D eigenvalue weighted by atomic mass is 9.49. The Bertz CT molecular complexity index is 246. The fraction of sp³-hybridized carbons (Fsp3) is 1.00. The van der Waals surface area contributed by atoms with E-state index in [1.54, 1.807) is 0 Å². The maximum atomic E-state index is 6.27. The normalized spacial score (nSPS) is 49.8. The SMILES string of the molecule is CC1CC2(C)CCCC(C)(C)C2CC1N. The van der Waals surface area contributed by atoms with Crippen molar-refractivity contribution < 1.29 is 0 Å². The summed E-state index contributed by atoms with van der Waals surface area (Å²) in [4.78, 5) is 0. The molecule has 0 bridgehead atoms. The second-order valence-corrected chi connectivity index (χ2v) is 7.13. The van der Waals surface area contributed by atoms with Crippen LogP contribution >= 0.6 is 0 Å². The van der Waals surface area contributed by atoms with Gasteiger partial charge in [0.05, 0.1) is 0 Å². The van der Waals surface area contributed by atoms with Crippen LogP contribution in [-0.2, 0) is 0 Å². The van der Waals surface area contributed by atoms with E-state index < -0.39 is 0 Å². The molecule has 0 aromatic heterocycles. The van der Waals surface area contributed by atoms with Crippen molar-refractivity contribution in [2.24, 2.45) is 28.4 Å². The van der Waals surface area contributed by atoms with Gasteiger partial charge in [0.1, 0.15) is 0 Å². The highest BCUT2D eigenvalue weighted by atomic mass is 14.7. The van der Waals surface area contributed by atoms with E-state index in [2.05, 4.69) is 27.7 Å². The summed E-state index contributed by atoms with van der Waals surface area (Å²) in [6.07, 6.45) is 6.85. The largest absolute Gasteiger partial charge is 0.327 e. The average molecular weight is 209 g/mol. The molecule has 2 N–H and O–H groups in total. The highest BCUT2D eigenvalue weighted by Crippen LogP contribution is 2.58. The van der Waals surface area contributed by atoms with Gasteiger partial charge in [-0.3, -0.25) is 0 Å². The van der Waals surface area contributed by atoms with Crippen LogP contribution in [0.25, 0.3) is 0 Å². The third kappa shape index (κ3) is 1.84. The van der Waals surface area contributed by atoms with Crippen molar-refractivity contribution in [2.75, 3.05) is 0 Å². The topological polar surface area (TPSA) is 26.0 Å². The molecule has 1 heteroatoms. The van der Waals surface area contributed by atoms with Crippen LogP contribution in [0, 0.1) is 22.7 Å². The van der Waals surface area contributed by atoms with Crippen molar-refractivity contribution in [2.45, 2.75) is 65.8 Å². The third-order valence-electron chi connectivity index (χ3n) is 5.38. The molecule has 0 amide bonds. The van der Waals surface area contributed by atoms with E-state index in [-0.39, 0.29) is 0 Å². The Kier molecular flexibility index (Phi) is 2.65. The zero-order valence-corrected chi connectivity index (χ0v) is 10.8. The van der Waals surface area contributed by atoms with Crippen LogP contribution in [0.4, 0.5) is 0 Å². The summed E-state index contributed by atoms with van der Waals surface area (Å²) in [5, 5.41) is 0. The molecule has 0 aromatic rings. The van der Waals surface area contributed by atoms with Crippen LogP contribution in [0.2, 0.25) is 0 Å². The minimum atomic E-state index is 0.445. The van der Waals surface area contributed by atoms with Crippen LogP contribution in [0.5, 0.6) is 0 Å². The van der Waals surface area contributed by atoms with Gasteiger partial charge in [-0.1, -0.05) is 34.1 Å². The fourth-order valence-corrected chi connectivity index (χ4v) is 4.48. The molecule has 2 rings (SSSR count). The van der Waals surface area contributed by atoms with Gasteiger partial charge in [-0.25, -0.2) is 0 Å². The summed E-state index contributed by atoms with van der Waals surface area (Å²) < 4.78 is 0. The number of hydrogen-bond donors (Lipinski definition) is 1. The minimum Gasteiger partial charge on any atom is -0.327 e. The lowest BCUT2D eigenvalue weighted by molar-refractivity contribution is -0.0540. The van der Waals surface area contributed by atoms with Crippen LogP contribution in [0.1, 0.15) is 59.8 Å². The first kappa shape index (κ1) is 11.4. The molecule has 4 atom stereocenters. The van der Waals surface area contributed by atoms with E-state index >= 15 is 0 Å². The standard InChI is InChI=1S/C14H27N/c1-10-9-14(4)7-5-6-13(2,3)12(14)8-11(10)15/h10-12H,5-9,15H2,1-4H3. The van der Waals surface area contributed by atoms with Gasteiger partial charge in [-0.2, -0.15) is 0 Å². The smallest absolute Gasteiger partial charge is 0.00677 e. The highest BCUT2D eigenvalue weighted by molar-refractivity contribution is 5.01. The molecule has 0 radical (unpaired) electrons. The van der Waals surface area contributed by atoms with Crippen molar-refractivity contribution in [3.05, 3.63) is 0 Å². The Hall–Kier alpha value is -0.0400. The van der Waals surface area contributed by atoms with Crippen molar-refractivity contribution >= 4 is 0 Å². The number of fused-ring (bicyclic) bond motifs is 1. The molecule has 2 saturated carbocycles. The van der Waals surface area contributed by atoms with Gasteiger partial charge >= 0.3 is 0 Å². The van der Waals surface area contributed by atoms with Gasteiger partial charge in [0.15, 0.2) is 0 Å². The maximum absolute atomic E-state index is 6.27. The summed E-state index contributed by atoms with van der Waals surface area (Å²) in [5.41, 5.74) is 7.36. The van der Waals surface area contributed by atoms with E-state index in [9.17, 15) is 0 Å². The van der Waals surface area contributed by atoms with E-state index in [1.165, 1.54) is 32.1 Å². The fourth-order valence-electron chi connectivity index (χ4n) is 4.48. The summed E-state index contributed by atoms with van der Waals surface area (Å²) in [6, 6.07) is 0.445. The molecule has 2 aliphatic carbocycles. The molecule has 0 aromatic carbocycles. The number of hydrogen-bond acceptors (Lipinski definition) is 1. The first-order chi connectivity index (χ1) is 6.85. The van der Waals surface area contributed by atoms with E-state index in [0.717, 1.165) is 11.8 Å². The highest BCUT2D eigenvalue weighted by Gasteiger charge is 2.50. The zero-order chi connectivity index (χ0) is 11.3. The molecular formula is C14H27N. The van der Waals surface area contributed by atoms with Crippen LogP contribution in [-0.4, -0.2) is 6.04 Å². The maximum Gasteiger partial charge on any atom is 0.00677 e. The molecule has 0 spiro atoms. The predicted molar refractivity (Wildman–Crippen MR) is 65.6 cm³/mol. The Morgan fingerprint density at radius 1 is 1.13 bits per heavy atom. The Balaban J connectivity index is 2.24. The summed E-state index contributed by atoms with van der Waals surface area (Å²) in [7, 11) is 0. The summed E-state index contributed by atoms with van der Waals surface area (Å²) >= 11 is 0. The minimum absolute atomic E-state index is 0.445. The number of nitrogens with two attached hydrogens (primary N) is 1. The molecule has 2 aliphatic rings. The third-order valence-corrected chi connectivity index (χ3v) is 5.38. The molecule has 0 saturated heterocycles. The van der Waals surface area contributed by atoms with Crippen molar-refractivity contribution in [1.29, 1.82) is 0 Å². The second-order valence-electron chi connectivity index (χ2n) is 7.13. The van der Waals surface area contributed by atoms with Crippen LogP contribution < -0.4 is 5.73 Å². The Labute approximate surface area is 94.8 Å². The van der Waals surface area contributed by atoms with Gasteiger partial charge in [-0.05, 0) is 48.3 Å². The first-order valence-corrected chi connectivity index (χ1v) is 6.61. The van der Waals surface area contributed by atoms with E-state index in [1.807, 2.05) is 0 Å². The van der Waals surface area contributed by atoms with Crippen molar-refractivity contribution in [3.8, 4) is 0 Å². The summed E-state index contributed by atoms with van der Waals surface area (Å²) in [6.45, 7) is 9.77. The lowest BCUT2D eigenvalue weighted by Gasteiger charge is -2.56. The molecular weight excluding hydrogens is 182 g/mol. The van der Waals surface area contributed by atoms with Gasteiger partial charge in [0.2, 0.25) is 0 Å². The number of rotatable bonds is 0. The van der Waals surface area contributed by atoms with E-state index in [0.29, 0.717) is 16.9 Å². The Morgan fingerprint density at radius 3 is 2.47 bits per heavy atom. The molecule has 15 heavy (non-hydrogen) atoms. The Morgan fingerprint density at radius 2 is 1.80 bits per heavy atom. The summed E-state index contributed by atoms with van der Waals surface area (Å²) in [5.74, 6) is 1.57. The van der Waals surface area contributed by atoms with E-state index in [4.69, 9.17) is 5.73 Å². The van der Waals surface area contributed by atoms with Gasteiger partial charge < -0.3 is 5.73 Å². The van der Waals surface area contributed by atoms with Crippen molar-refractivity contribution in [3.63, 3.8) is 0 Å². The second kappa shape index (κ2) is 3.48. The molecule has 1 nitrogen and oxygen atoms in total.